The second-order valence-corrected chi connectivity index (χ2v) is 7.83. The number of hydrogen-bond donors (Lipinski definition) is 0. The molecular formula is C15H29NSi. The summed E-state index contributed by atoms with van der Waals surface area (Å²) in [7, 11) is 1.24. The Kier molecular flexibility index (Phi) is 4.86. The lowest BCUT2D eigenvalue weighted by atomic mass is 10.1. The zero-order chi connectivity index (χ0) is 12.3. The fraction of sp³-hybridized carbons (Fsp3) is 0.867. The third-order valence-electron chi connectivity index (χ3n) is 4.86. The van der Waals surface area contributed by atoms with E-state index in [1.165, 1.54) is 68.2 Å². The number of allylic oxidation sites excluding steroid dienone is 1. The summed E-state index contributed by atoms with van der Waals surface area (Å²) < 4.78 is 0. The third kappa shape index (κ3) is 3.44. The zero-order valence-corrected chi connectivity index (χ0v) is 14.0. The van der Waals surface area contributed by atoms with Crippen LogP contribution >= 0.6 is 0 Å². The Morgan fingerprint density at radius 2 is 1.35 bits per heavy atom. The highest BCUT2D eigenvalue weighted by Crippen LogP contribution is 2.32. The van der Waals surface area contributed by atoms with Crippen LogP contribution in [0.4, 0.5) is 0 Å². The Balaban J connectivity index is 2.03. The van der Waals surface area contributed by atoms with Crippen LogP contribution in [0, 0.1) is 0 Å². The summed E-state index contributed by atoms with van der Waals surface area (Å²) in [6, 6.07) is 1.82. The van der Waals surface area contributed by atoms with E-state index >= 15 is 0 Å². The highest BCUT2D eigenvalue weighted by molar-refractivity contribution is 6.21. The van der Waals surface area contributed by atoms with E-state index in [4.69, 9.17) is 0 Å². The van der Waals surface area contributed by atoms with Crippen molar-refractivity contribution in [1.29, 1.82) is 0 Å². The lowest BCUT2D eigenvalue weighted by Gasteiger charge is -2.35. The van der Waals surface area contributed by atoms with Crippen LogP contribution in [0.2, 0.25) is 0 Å². The molecule has 2 aliphatic carbocycles. The van der Waals surface area contributed by atoms with Gasteiger partial charge in [-0.15, -0.1) is 0 Å². The molecular weight excluding hydrogens is 222 g/mol. The van der Waals surface area contributed by atoms with Crippen LogP contribution in [0.3, 0.4) is 0 Å². The van der Waals surface area contributed by atoms with Gasteiger partial charge in [0.25, 0.3) is 0 Å². The molecule has 2 aliphatic rings. The second-order valence-electron chi connectivity index (χ2n) is 6.33. The highest BCUT2D eigenvalue weighted by Gasteiger charge is 2.30. The van der Waals surface area contributed by atoms with E-state index in [-0.39, 0.29) is 0 Å². The molecule has 0 aromatic heterocycles. The average molecular weight is 251 g/mol. The van der Waals surface area contributed by atoms with Gasteiger partial charge < -0.3 is 0 Å². The van der Waals surface area contributed by atoms with Crippen LogP contribution in [0.5, 0.6) is 0 Å². The van der Waals surface area contributed by atoms with E-state index < -0.39 is 0 Å². The molecule has 0 amide bonds. The van der Waals surface area contributed by atoms with Crippen LogP contribution in [-0.2, 0) is 0 Å². The summed E-state index contributed by atoms with van der Waals surface area (Å²) in [6.45, 7) is 5.95. The van der Waals surface area contributed by atoms with E-state index in [2.05, 4.69) is 18.7 Å². The van der Waals surface area contributed by atoms with Gasteiger partial charge in [-0.25, -0.2) is 0 Å². The topological polar surface area (TPSA) is 3.24 Å². The molecule has 0 aliphatic heterocycles. The molecule has 0 bridgehead atoms. The minimum atomic E-state index is 0.911. The lowest BCUT2D eigenvalue weighted by molar-refractivity contribution is 0.151. The normalized spacial score (nSPS) is 24.9. The first-order valence-electron chi connectivity index (χ1n) is 7.57. The summed E-state index contributed by atoms with van der Waals surface area (Å²) in [5, 5.41) is 1.66. The van der Waals surface area contributed by atoms with Gasteiger partial charge in [0.1, 0.15) is 0 Å². The summed E-state index contributed by atoms with van der Waals surface area (Å²) in [6.07, 6.45) is 11.7. The van der Waals surface area contributed by atoms with Crippen molar-refractivity contribution in [3.05, 3.63) is 10.8 Å². The van der Waals surface area contributed by atoms with Gasteiger partial charge in [0.05, 0.1) is 0 Å². The van der Waals surface area contributed by atoms with Gasteiger partial charge in [0.15, 0.2) is 0 Å². The Morgan fingerprint density at radius 1 is 0.941 bits per heavy atom. The van der Waals surface area contributed by atoms with Crippen LogP contribution in [0.15, 0.2) is 10.8 Å². The quantitative estimate of drug-likeness (QED) is 0.695. The Hall–Kier alpha value is -0.0831. The van der Waals surface area contributed by atoms with Crippen LogP contribution in [0.25, 0.3) is 0 Å². The van der Waals surface area contributed by atoms with Crippen molar-refractivity contribution in [2.24, 2.45) is 0 Å². The average Bonchev–Trinajstić information content (AvgIpc) is 2.98. The fourth-order valence-corrected chi connectivity index (χ4v) is 3.62. The van der Waals surface area contributed by atoms with Gasteiger partial charge in [0, 0.05) is 28.9 Å². The zero-order valence-electron chi connectivity index (χ0n) is 12.0. The number of nitrogens with zero attached hydrogens (tertiary/aromatic N) is 1. The highest BCUT2D eigenvalue weighted by atomic mass is 28.1. The molecule has 0 N–H and O–H groups in total. The first-order valence-corrected chi connectivity index (χ1v) is 8.57. The van der Waals surface area contributed by atoms with Gasteiger partial charge in [-0.2, -0.15) is 0 Å². The van der Waals surface area contributed by atoms with Crippen LogP contribution in [0.1, 0.15) is 65.2 Å². The van der Waals surface area contributed by atoms with Crippen molar-refractivity contribution in [2.75, 3.05) is 6.54 Å². The smallest absolute Gasteiger partial charge is 0.0329 e. The first-order chi connectivity index (χ1) is 8.18. The Morgan fingerprint density at radius 3 is 1.71 bits per heavy atom. The fourth-order valence-electron chi connectivity index (χ4n) is 3.46. The van der Waals surface area contributed by atoms with Gasteiger partial charge in [-0.05, 0) is 39.5 Å². The van der Waals surface area contributed by atoms with E-state index in [1.54, 1.807) is 10.8 Å². The summed E-state index contributed by atoms with van der Waals surface area (Å²) >= 11 is 0. The molecule has 0 heterocycles. The van der Waals surface area contributed by atoms with Gasteiger partial charge in [-0.1, -0.05) is 36.5 Å². The summed E-state index contributed by atoms with van der Waals surface area (Å²) in [4.78, 5) is 2.89. The first kappa shape index (κ1) is 13.4. The number of hydrogen-bond acceptors (Lipinski definition) is 1. The molecule has 17 heavy (non-hydrogen) atoms. The summed E-state index contributed by atoms with van der Waals surface area (Å²) in [5.41, 5.74) is 1.66. The van der Waals surface area contributed by atoms with E-state index in [0.717, 1.165) is 12.1 Å². The number of rotatable bonds is 4. The van der Waals surface area contributed by atoms with E-state index in [0.29, 0.717) is 0 Å². The van der Waals surface area contributed by atoms with Crippen molar-refractivity contribution >= 4 is 10.2 Å². The van der Waals surface area contributed by atoms with Crippen molar-refractivity contribution in [2.45, 2.75) is 77.3 Å². The minimum Gasteiger partial charge on any atom is -0.294 e. The van der Waals surface area contributed by atoms with E-state index in [1.807, 2.05) is 0 Å². The molecule has 2 heteroatoms. The van der Waals surface area contributed by atoms with Crippen LogP contribution in [-0.4, -0.2) is 33.8 Å². The van der Waals surface area contributed by atoms with Crippen molar-refractivity contribution in [1.82, 2.24) is 4.90 Å². The van der Waals surface area contributed by atoms with Crippen molar-refractivity contribution in [3.8, 4) is 0 Å². The van der Waals surface area contributed by atoms with Gasteiger partial charge >= 0.3 is 0 Å². The summed E-state index contributed by atoms with van der Waals surface area (Å²) in [5.74, 6) is 0. The molecule has 0 radical (unpaired) electrons. The van der Waals surface area contributed by atoms with Gasteiger partial charge in [-0.3, -0.25) is 4.90 Å². The molecule has 98 valence electrons. The molecule has 0 aromatic rings. The molecule has 2 saturated carbocycles. The Labute approximate surface area is 110 Å². The maximum absolute atomic E-state index is 2.89. The molecule has 0 spiro atoms. The largest absolute Gasteiger partial charge is 0.294 e. The molecule has 2 rings (SSSR count). The molecule has 2 fully saturated rings. The molecule has 1 nitrogen and oxygen atoms in total. The second kappa shape index (κ2) is 6.19. The maximum atomic E-state index is 2.89. The monoisotopic (exact) mass is 251 g/mol. The third-order valence-corrected chi connectivity index (χ3v) is 5.71. The predicted molar refractivity (Wildman–Crippen MR) is 79.5 cm³/mol. The SMILES string of the molecule is CC([SiH3])=C(C)CN(C1CCCC1)C1CCCC1. The maximum Gasteiger partial charge on any atom is 0.0329 e. The van der Waals surface area contributed by atoms with Crippen LogP contribution < -0.4 is 0 Å². The molecule has 0 saturated heterocycles. The standard InChI is InChI=1S/C15H29NSi/c1-12(13(2)17)11-16(14-7-3-4-8-14)15-9-5-6-10-15/h14-15H,3-11H2,1-2,17H3. The molecule has 0 aromatic carbocycles. The predicted octanol–water partition coefficient (Wildman–Crippen LogP) is 2.83. The Bertz CT molecular complexity index is 253. The van der Waals surface area contributed by atoms with Crippen molar-refractivity contribution < 1.29 is 0 Å². The lowest BCUT2D eigenvalue weighted by Crippen LogP contribution is -2.41. The molecule has 0 atom stereocenters. The van der Waals surface area contributed by atoms with Crippen molar-refractivity contribution in [3.63, 3.8) is 0 Å². The molecule has 0 unspecified atom stereocenters. The minimum absolute atomic E-state index is 0.911. The van der Waals surface area contributed by atoms with Gasteiger partial charge in [0.2, 0.25) is 0 Å². The van der Waals surface area contributed by atoms with E-state index in [9.17, 15) is 0 Å².